The van der Waals surface area contributed by atoms with Gasteiger partial charge >= 0.3 is 0 Å². The van der Waals surface area contributed by atoms with Crippen molar-refractivity contribution >= 4 is 0 Å². The highest BCUT2D eigenvalue weighted by Crippen LogP contribution is 2.20. The molecule has 0 aliphatic rings. The molecule has 0 aromatic carbocycles. The highest BCUT2D eigenvalue weighted by atomic mass is 15.2. The van der Waals surface area contributed by atoms with E-state index in [1.54, 1.807) is 0 Å². The van der Waals surface area contributed by atoms with Crippen LogP contribution in [0, 0.1) is 5.41 Å². The summed E-state index contributed by atoms with van der Waals surface area (Å²) in [6.07, 6.45) is 3.73. The van der Waals surface area contributed by atoms with Crippen LogP contribution in [0.1, 0.15) is 40.0 Å². The van der Waals surface area contributed by atoms with Crippen LogP contribution in [0.5, 0.6) is 0 Å². The molecule has 0 aliphatic carbocycles. The van der Waals surface area contributed by atoms with E-state index < -0.39 is 0 Å². The van der Waals surface area contributed by atoms with Gasteiger partial charge in [0.2, 0.25) is 0 Å². The summed E-state index contributed by atoms with van der Waals surface area (Å²) in [7, 11) is 4.28. The molecule has 0 rings (SSSR count). The van der Waals surface area contributed by atoms with E-state index in [9.17, 15) is 0 Å². The Labute approximate surface area is 108 Å². The third-order valence-corrected chi connectivity index (χ3v) is 3.28. The molecule has 0 aromatic rings. The van der Waals surface area contributed by atoms with Gasteiger partial charge in [0, 0.05) is 13.1 Å². The van der Waals surface area contributed by atoms with Crippen LogP contribution in [0.3, 0.4) is 0 Å². The molecule has 0 spiro atoms. The molecule has 0 radical (unpaired) electrons. The van der Waals surface area contributed by atoms with Crippen molar-refractivity contribution in [2.45, 2.75) is 40.0 Å². The average molecular weight is 243 g/mol. The normalized spacial score (nSPS) is 12.7. The number of rotatable bonds is 10. The largest absolute Gasteiger partial charge is 0.330 e. The van der Waals surface area contributed by atoms with Crippen molar-refractivity contribution < 1.29 is 0 Å². The van der Waals surface area contributed by atoms with Crippen LogP contribution in [-0.4, -0.2) is 56.6 Å². The van der Waals surface area contributed by atoms with E-state index in [0.717, 1.165) is 13.1 Å². The average Bonchev–Trinajstić information content (AvgIpc) is 2.25. The Morgan fingerprint density at radius 2 is 1.65 bits per heavy atom. The maximum Gasteiger partial charge on any atom is 0.0109 e. The summed E-state index contributed by atoms with van der Waals surface area (Å²) in [5.41, 5.74) is 6.06. The van der Waals surface area contributed by atoms with E-state index in [1.807, 2.05) is 0 Å². The fourth-order valence-corrected chi connectivity index (χ4v) is 1.88. The lowest BCUT2D eigenvalue weighted by Crippen LogP contribution is -2.34. The van der Waals surface area contributed by atoms with Crippen molar-refractivity contribution in [1.82, 2.24) is 9.80 Å². The molecule has 104 valence electrons. The molecule has 0 bridgehead atoms. The van der Waals surface area contributed by atoms with Gasteiger partial charge in [-0.05, 0) is 58.4 Å². The van der Waals surface area contributed by atoms with E-state index in [0.29, 0.717) is 5.41 Å². The zero-order valence-electron chi connectivity index (χ0n) is 12.6. The second kappa shape index (κ2) is 8.90. The summed E-state index contributed by atoms with van der Waals surface area (Å²) in [5.74, 6) is 0. The molecule has 0 atom stereocenters. The number of nitrogens with zero attached hydrogens (tertiary/aromatic N) is 2. The lowest BCUT2D eigenvalue weighted by atomic mass is 9.88. The van der Waals surface area contributed by atoms with E-state index in [1.165, 1.54) is 38.9 Å². The zero-order valence-corrected chi connectivity index (χ0v) is 12.6. The maximum absolute atomic E-state index is 5.76. The van der Waals surface area contributed by atoms with Crippen molar-refractivity contribution in [3.05, 3.63) is 0 Å². The molecule has 0 saturated heterocycles. The monoisotopic (exact) mass is 243 g/mol. The Bertz CT molecular complexity index is 178. The van der Waals surface area contributed by atoms with Gasteiger partial charge in [-0.15, -0.1) is 0 Å². The molecule has 0 saturated carbocycles. The van der Waals surface area contributed by atoms with E-state index in [-0.39, 0.29) is 0 Å². The molecule has 3 nitrogen and oxygen atoms in total. The van der Waals surface area contributed by atoms with Crippen molar-refractivity contribution in [2.75, 3.05) is 46.8 Å². The van der Waals surface area contributed by atoms with Crippen LogP contribution in [-0.2, 0) is 0 Å². The highest BCUT2D eigenvalue weighted by molar-refractivity contribution is 4.70. The van der Waals surface area contributed by atoms with Gasteiger partial charge in [0.15, 0.2) is 0 Å². The number of hydrogen-bond donors (Lipinski definition) is 1. The van der Waals surface area contributed by atoms with Crippen LogP contribution in [0.4, 0.5) is 0 Å². The van der Waals surface area contributed by atoms with Gasteiger partial charge in [0.25, 0.3) is 0 Å². The predicted octanol–water partition coefficient (Wildman–Crippen LogP) is 2.03. The predicted molar refractivity (Wildman–Crippen MR) is 77.4 cm³/mol. The standard InChI is InChI=1S/C14H33N3/c1-6-9-17(12-11-16(4)5)10-7-8-14(2,3)13-15/h6-13,15H2,1-5H3. The molecular formula is C14H33N3. The van der Waals surface area contributed by atoms with Crippen molar-refractivity contribution in [3.63, 3.8) is 0 Å². The summed E-state index contributed by atoms with van der Waals surface area (Å²) >= 11 is 0. The molecule has 0 heterocycles. The van der Waals surface area contributed by atoms with Crippen LogP contribution < -0.4 is 5.73 Å². The topological polar surface area (TPSA) is 32.5 Å². The smallest absolute Gasteiger partial charge is 0.0109 e. The second-order valence-electron chi connectivity index (χ2n) is 6.12. The molecule has 3 heteroatoms. The fraction of sp³-hybridized carbons (Fsp3) is 1.00. The van der Waals surface area contributed by atoms with Gasteiger partial charge in [-0.2, -0.15) is 0 Å². The summed E-state index contributed by atoms with van der Waals surface area (Å²) in [6, 6.07) is 0. The Balaban J connectivity index is 3.84. The summed E-state index contributed by atoms with van der Waals surface area (Å²) in [5, 5.41) is 0. The van der Waals surface area contributed by atoms with Crippen molar-refractivity contribution in [3.8, 4) is 0 Å². The lowest BCUT2D eigenvalue weighted by molar-refractivity contribution is 0.222. The van der Waals surface area contributed by atoms with E-state index in [2.05, 4.69) is 44.7 Å². The third kappa shape index (κ3) is 9.57. The Hall–Kier alpha value is -0.120. The first kappa shape index (κ1) is 16.9. The summed E-state index contributed by atoms with van der Waals surface area (Å²) in [6.45, 7) is 12.3. The van der Waals surface area contributed by atoms with Gasteiger partial charge in [0.05, 0.1) is 0 Å². The number of nitrogens with two attached hydrogens (primary N) is 1. The molecule has 0 unspecified atom stereocenters. The van der Waals surface area contributed by atoms with Crippen LogP contribution in [0.25, 0.3) is 0 Å². The first-order valence-electron chi connectivity index (χ1n) is 6.98. The van der Waals surface area contributed by atoms with Crippen LogP contribution >= 0.6 is 0 Å². The van der Waals surface area contributed by atoms with Crippen LogP contribution in [0.15, 0.2) is 0 Å². The first-order chi connectivity index (χ1) is 7.91. The molecular weight excluding hydrogens is 210 g/mol. The minimum atomic E-state index is 0.305. The van der Waals surface area contributed by atoms with E-state index in [4.69, 9.17) is 5.73 Å². The van der Waals surface area contributed by atoms with E-state index >= 15 is 0 Å². The molecule has 0 fully saturated rings. The van der Waals surface area contributed by atoms with Gasteiger partial charge in [-0.1, -0.05) is 20.8 Å². The minimum Gasteiger partial charge on any atom is -0.330 e. The Morgan fingerprint density at radius 3 is 2.12 bits per heavy atom. The van der Waals surface area contributed by atoms with Crippen LogP contribution in [0.2, 0.25) is 0 Å². The third-order valence-electron chi connectivity index (χ3n) is 3.28. The van der Waals surface area contributed by atoms with Gasteiger partial charge in [-0.25, -0.2) is 0 Å². The first-order valence-corrected chi connectivity index (χ1v) is 6.98. The Kier molecular flexibility index (Phi) is 8.83. The second-order valence-corrected chi connectivity index (χ2v) is 6.12. The van der Waals surface area contributed by atoms with Crippen molar-refractivity contribution in [2.24, 2.45) is 11.1 Å². The van der Waals surface area contributed by atoms with Gasteiger partial charge in [0.1, 0.15) is 0 Å². The number of hydrogen-bond acceptors (Lipinski definition) is 3. The molecule has 0 aromatic heterocycles. The zero-order chi connectivity index (χ0) is 13.3. The molecule has 2 N–H and O–H groups in total. The Morgan fingerprint density at radius 1 is 1.00 bits per heavy atom. The minimum absolute atomic E-state index is 0.305. The highest BCUT2D eigenvalue weighted by Gasteiger charge is 2.15. The molecule has 0 aliphatic heterocycles. The van der Waals surface area contributed by atoms with Gasteiger partial charge in [-0.3, -0.25) is 0 Å². The molecule has 17 heavy (non-hydrogen) atoms. The lowest BCUT2D eigenvalue weighted by Gasteiger charge is -2.27. The number of likely N-dealkylation sites (N-methyl/N-ethyl adjacent to an activating group) is 1. The summed E-state index contributed by atoms with van der Waals surface area (Å²) in [4.78, 5) is 4.83. The van der Waals surface area contributed by atoms with Gasteiger partial charge < -0.3 is 15.5 Å². The summed E-state index contributed by atoms with van der Waals surface area (Å²) < 4.78 is 0. The molecule has 0 amide bonds. The SMILES string of the molecule is CCCN(CCCC(C)(C)CN)CCN(C)C. The van der Waals surface area contributed by atoms with Crippen molar-refractivity contribution in [1.29, 1.82) is 0 Å². The quantitative estimate of drug-likeness (QED) is 0.637. The maximum atomic E-state index is 5.76. The fourth-order valence-electron chi connectivity index (χ4n) is 1.88.